The summed E-state index contributed by atoms with van der Waals surface area (Å²) in [6.45, 7) is 4.23. The average molecular weight is 366 g/mol. The minimum atomic E-state index is -4.72. The average Bonchev–Trinajstić information content (AvgIpc) is 2.50. The largest absolute Gasteiger partial charge is 0.466 e. The molecule has 0 aliphatic rings. The van der Waals surface area contributed by atoms with E-state index in [0.717, 1.165) is 32.1 Å². The monoisotopic (exact) mass is 366 g/mol. The Labute approximate surface area is 144 Å². The summed E-state index contributed by atoms with van der Waals surface area (Å²) in [4.78, 5) is 23.4. The van der Waals surface area contributed by atoms with Crippen LogP contribution in [-0.4, -0.2) is 43.4 Å². The van der Waals surface area contributed by atoms with Gasteiger partial charge in [-0.2, -0.15) is 8.42 Å². The predicted octanol–water partition coefficient (Wildman–Crippen LogP) is 2.88. The third-order valence-electron chi connectivity index (χ3n) is 3.48. The molecule has 0 saturated heterocycles. The number of ether oxygens (including phenoxy) is 2. The Hall–Kier alpha value is -1.15. The molecule has 7 nitrogen and oxygen atoms in total. The van der Waals surface area contributed by atoms with Crippen molar-refractivity contribution in [3.63, 3.8) is 0 Å². The second kappa shape index (κ2) is 13.2. The van der Waals surface area contributed by atoms with Gasteiger partial charge in [-0.25, -0.2) is 0 Å². The number of hydrogen-bond acceptors (Lipinski definition) is 6. The summed E-state index contributed by atoms with van der Waals surface area (Å²) in [6, 6.07) is 0. The molecule has 0 saturated carbocycles. The molecular formula is C16H30O7S. The van der Waals surface area contributed by atoms with E-state index in [0.29, 0.717) is 12.8 Å². The van der Waals surface area contributed by atoms with Crippen LogP contribution in [0.3, 0.4) is 0 Å². The molecule has 8 heteroatoms. The summed E-state index contributed by atoms with van der Waals surface area (Å²) in [6.07, 6.45) is 6.75. The molecule has 0 radical (unpaired) electrons. The van der Waals surface area contributed by atoms with Gasteiger partial charge in [-0.15, -0.1) is 0 Å². The zero-order valence-corrected chi connectivity index (χ0v) is 15.5. The molecule has 0 aliphatic carbocycles. The first-order valence-electron chi connectivity index (χ1n) is 8.61. The van der Waals surface area contributed by atoms with Gasteiger partial charge < -0.3 is 9.47 Å². The fraction of sp³-hybridized carbons (Fsp3) is 0.875. The summed E-state index contributed by atoms with van der Waals surface area (Å²) in [5, 5.41) is -1.92. The Bertz CT molecular complexity index is 459. The van der Waals surface area contributed by atoms with Crippen molar-refractivity contribution in [1.82, 2.24) is 0 Å². The van der Waals surface area contributed by atoms with Crippen LogP contribution in [0.2, 0.25) is 0 Å². The number of unbranched alkanes of at least 4 members (excludes halogenated alkanes) is 6. The fourth-order valence-electron chi connectivity index (χ4n) is 2.00. The molecule has 0 aromatic rings. The molecule has 0 fully saturated rings. The highest BCUT2D eigenvalue weighted by atomic mass is 32.2. The zero-order chi connectivity index (χ0) is 18.4. The quantitative estimate of drug-likeness (QED) is 0.286. The first kappa shape index (κ1) is 22.9. The van der Waals surface area contributed by atoms with Gasteiger partial charge in [-0.05, 0) is 12.8 Å². The number of hydrogen-bond donors (Lipinski definition) is 1. The fourth-order valence-corrected chi connectivity index (χ4v) is 2.66. The lowest BCUT2D eigenvalue weighted by molar-refractivity contribution is -0.150. The Kier molecular flexibility index (Phi) is 12.5. The van der Waals surface area contributed by atoms with Crippen LogP contribution in [0.15, 0.2) is 0 Å². The van der Waals surface area contributed by atoms with E-state index in [4.69, 9.17) is 14.0 Å². The highest BCUT2D eigenvalue weighted by Crippen LogP contribution is 2.10. The van der Waals surface area contributed by atoms with Crippen LogP contribution < -0.4 is 0 Å². The van der Waals surface area contributed by atoms with E-state index in [-0.39, 0.29) is 13.2 Å². The zero-order valence-electron chi connectivity index (χ0n) is 14.7. The van der Waals surface area contributed by atoms with Gasteiger partial charge >= 0.3 is 11.9 Å². The molecule has 0 rings (SSSR count). The van der Waals surface area contributed by atoms with Gasteiger partial charge in [0.2, 0.25) is 0 Å². The van der Waals surface area contributed by atoms with E-state index in [2.05, 4.69) is 6.92 Å². The van der Waals surface area contributed by atoms with Gasteiger partial charge in [-0.1, -0.05) is 52.4 Å². The van der Waals surface area contributed by atoms with E-state index in [1.54, 1.807) is 0 Å². The summed E-state index contributed by atoms with van der Waals surface area (Å²) >= 11 is 0. The van der Waals surface area contributed by atoms with Crippen molar-refractivity contribution in [3.05, 3.63) is 0 Å². The van der Waals surface area contributed by atoms with Gasteiger partial charge in [0.05, 0.1) is 19.6 Å². The first-order valence-corrected chi connectivity index (χ1v) is 10.1. The topological polar surface area (TPSA) is 107 Å². The van der Waals surface area contributed by atoms with Crippen LogP contribution >= 0.6 is 0 Å². The number of esters is 2. The van der Waals surface area contributed by atoms with Crippen molar-refractivity contribution in [2.45, 2.75) is 76.9 Å². The maximum absolute atomic E-state index is 11.7. The first-order chi connectivity index (χ1) is 11.3. The molecule has 1 atom stereocenters. The van der Waals surface area contributed by atoms with Crippen molar-refractivity contribution < 1.29 is 32.0 Å². The van der Waals surface area contributed by atoms with Crippen LogP contribution in [0.5, 0.6) is 0 Å². The van der Waals surface area contributed by atoms with Crippen molar-refractivity contribution in [1.29, 1.82) is 0 Å². The van der Waals surface area contributed by atoms with Crippen LogP contribution in [0.1, 0.15) is 71.6 Å². The summed E-state index contributed by atoms with van der Waals surface area (Å²) in [7, 11) is -4.72. The molecule has 1 unspecified atom stereocenters. The molecule has 142 valence electrons. The van der Waals surface area contributed by atoms with Crippen molar-refractivity contribution in [3.8, 4) is 0 Å². The van der Waals surface area contributed by atoms with Gasteiger partial charge in [0.15, 0.2) is 5.25 Å². The molecule has 0 amide bonds. The molecule has 0 spiro atoms. The highest BCUT2D eigenvalue weighted by Gasteiger charge is 2.35. The van der Waals surface area contributed by atoms with Crippen molar-refractivity contribution in [2.75, 3.05) is 13.2 Å². The lowest BCUT2D eigenvalue weighted by Gasteiger charge is -2.13. The van der Waals surface area contributed by atoms with E-state index >= 15 is 0 Å². The second-order valence-electron chi connectivity index (χ2n) is 5.72. The SMILES string of the molecule is CCCCCCCCOC(=O)CC(C(=O)OCCCC)S(=O)(=O)O. The Morgan fingerprint density at radius 3 is 2.00 bits per heavy atom. The van der Waals surface area contributed by atoms with Gasteiger partial charge in [0, 0.05) is 0 Å². The standard InChI is InChI=1S/C16H30O7S/c1-3-5-7-8-9-10-12-22-15(17)13-14(24(19,20)21)16(18)23-11-6-4-2/h14H,3-13H2,1-2H3,(H,19,20,21). The molecular weight excluding hydrogens is 336 g/mol. The molecule has 0 aromatic carbocycles. The Morgan fingerprint density at radius 1 is 0.875 bits per heavy atom. The lowest BCUT2D eigenvalue weighted by Crippen LogP contribution is -2.34. The number of carbonyl (C=O) groups excluding carboxylic acids is 2. The molecule has 0 aliphatic heterocycles. The van der Waals surface area contributed by atoms with Crippen LogP contribution in [0.25, 0.3) is 0 Å². The predicted molar refractivity (Wildman–Crippen MR) is 90.2 cm³/mol. The normalized spacial score (nSPS) is 12.6. The third kappa shape index (κ3) is 11.4. The maximum Gasteiger partial charge on any atom is 0.327 e. The van der Waals surface area contributed by atoms with Crippen LogP contribution in [0, 0.1) is 0 Å². The second-order valence-corrected chi connectivity index (χ2v) is 7.32. The van der Waals surface area contributed by atoms with E-state index in [1.807, 2.05) is 6.92 Å². The summed E-state index contributed by atoms with van der Waals surface area (Å²) in [5.74, 6) is -1.96. The molecule has 0 bridgehead atoms. The Morgan fingerprint density at radius 2 is 1.42 bits per heavy atom. The van der Waals surface area contributed by atoms with Crippen molar-refractivity contribution >= 4 is 22.1 Å². The van der Waals surface area contributed by atoms with E-state index in [1.165, 1.54) is 6.42 Å². The molecule has 0 aromatic heterocycles. The summed E-state index contributed by atoms with van der Waals surface area (Å²) in [5.41, 5.74) is 0. The van der Waals surface area contributed by atoms with E-state index < -0.39 is 33.7 Å². The molecule has 0 heterocycles. The number of carbonyl (C=O) groups is 2. The third-order valence-corrected chi connectivity index (χ3v) is 4.56. The van der Waals surface area contributed by atoms with Gasteiger partial charge in [0.25, 0.3) is 10.1 Å². The number of rotatable bonds is 14. The molecule has 24 heavy (non-hydrogen) atoms. The minimum absolute atomic E-state index is 0.0498. The van der Waals surface area contributed by atoms with Crippen LogP contribution in [-0.2, 0) is 29.2 Å². The van der Waals surface area contributed by atoms with E-state index in [9.17, 15) is 18.0 Å². The molecule has 1 N–H and O–H groups in total. The van der Waals surface area contributed by atoms with Crippen molar-refractivity contribution in [2.24, 2.45) is 0 Å². The highest BCUT2D eigenvalue weighted by molar-refractivity contribution is 7.87. The Balaban J connectivity index is 4.20. The maximum atomic E-state index is 11.7. The van der Waals surface area contributed by atoms with Gasteiger partial charge in [0.1, 0.15) is 0 Å². The smallest absolute Gasteiger partial charge is 0.327 e. The summed E-state index contributed by atoms with van der Waals surface area (Å²) < 4.78 is 41.3. The minimum Gasteiger partial charge on any atom is -0.466 e. The lowest BCUT2D eigenvalue weighted by atomic mass is 10.1. The van der Waals surface area contributed by atoms with Gasteiger partial charge in [-0.3, -0.25) is 14.1 Å². The van der Waals surface area contributed by atoms with Crippen LogP contribution in [0.4, 0.5) is 0 Å².